The van der Waals surface area contributed by atoms with Crippen molar-refractivity contribution in [1.29, 1.82) is 0 Å². The van der Waals surface area contributed by atoms with Gasteiger partial charge in [0.25, 0.3) is 0 Å². The first-order chi connectivity index (χ1) is 5.27. The third-order valence-corrected chi connectivity index (χ3v) is 2.06. The van der Waals surface area contributed by atoms with Crippen LogP contribution in [0.3, 0.4) is 0 Å². The molecule has 0 saturated heterocycles. The van der Waals surface area contributed by atoms with Crippen molar-refractivity contribution in [3.63, 3.8) is 0 Å². The fourth-order valence-electron chi connectivity index (χ4n) is 0.817. The maximum atomic E-state index is 5.78. The average molecular weight is 230 g/mol. The molecular formula is C5H4AsClN4. The molecule has 56 valence electrons. The van der Waals surface area contributed by atoms with Gasteiger partial charge in [0.1, 0.15) is 0 Å². The van der Waals surface area contributed by atoms with E-state index in [0.717, 1.165) is 0 Å². The molecule has 0 saturated carbocycles. The molecule has 0 amide bonds. The fourth-order valence-corrected chi connectivity index (χ4v) is 1.76. The average Bonchev–Trinajstić information content (AvgIpc) is 2.34. The Hall–Kier alpha value is -0.602. The third-order valence-electron chi connectivity index (χ3n) is 1.25. The predicted molar refractivity (Wildman–Crippen MR) is 44.9 cm³/mol. The van der Waals surface area contributed by atoms with Crippen molar-refractivity contribution in [1.82, 2.24) is 19.9 Å². The van der Waals surface area contributed by atoms with Gasteiger partial charge in [0.2, 0.25) is 0 Å². The van der Waals surface area contributed by atoms with Gasteiger partial charge in [-0.1, -0.05) is 0 Å². The Balaban J connectivity index is 2.91. The van der Waals surface area contributed by atoms with Gasteiger partial charge in [0.05, 0.1) is 0 Å². The Morgan fingerprint density at radius 2 is 2.27 bits per heavy atom. The summed E-state index contributed by atoms with van der Waals surface area (Å²) in [6.07, 6.45) is 1.55. The number of imidazole rings is 1. The Kier molecular flexibility index (Phi) is 1.58. The number of aromatic amines is 1. The zero-order valence-electron chi connectivity index (χ0n) is 5.37. The second-order valence-electron chi connectivity index (χ2n) is 1.97. The molecule has 0 bridgehead atoms. The van der Waals surface area contributed by atoms with E-state index in [1.54, 1.807) is 6.33 Å². The van der Waals surface area contributed by atoms with Crippen LogP contribution in [0, 0.1) is 0 Å². The zero-order chi connectivity index (χ0) is 7.84. The van der Waals surface area contributed by atoms with Crippen LogP contribution >= 0.6 is 11.6 Å². The molecule has 2 aromatic rings. The van der Waals surface area contributed by atoms with Crippen LogP contribution in [0.5, 0.6) is 0 Å². The Bertz CT molecular complexity index is 398. The van der Waals surface area contributed by atoms with Crippen LogP contribution in [0.25, 0.3) is 11.2 Å². The molecule has 2 aromatic heterocycles. The van der Waals surface area contributed by atoms with Crippen LogP contribution < -0.4 is 4.61 Å². The first-order valence-electron chi connectivity index (χ1n) is 2.89. The third kappa shape index (κ3) is 1.12. The van der Waals surface area contributed by atoms with Gasteiger partial charge in [-0.25, -0.2) is 0 Å². The van der Waals surface area contributed by atoms with Crippen molar-refractivity contribution in [3.05, 3.63) is 11.5 Å². The van der Waals surface area contributed by atoms with Gasteiger partial charge < -0.3 is 0 Å². The Morgan fingerprint density at radius 1 is 1.45 bits per heavy atom. The first-order valence-corrected chi connectivity index (χ1v) is 4.48. The van der Waals surface area contributed by atoms with E-state index in [2.05, 4.69) is 19.9 Å². The van der Waals surface area contributed by atoms with E-state index in [9.17, 15) is 0 Å². The maximum absolute atomic E-state index is 5.78. The molecule has 0 spiro atoms. The number of fused-ring (bicyclic) bond motifs is 1. The van der Waals surface area contributed by atoms with Crippen LogP contribution in [0.2, 0.25) is 5.15 Å². The number of H-pyrrole nitrogens is 1. The van der Waals surface area contributed by atoms with E-state index in [1.807, 2.05) is 0 Å². The van der Waals surface area contributed by atoms with E-state index < -0.39 is 0 Å². The summed E-state index contributed by atoms with van der Waals surface area (Å²) in [5.41, 5.74) is 1.33. The summed E-state index contributed by atoms with van der Waals surface area (Å²) >= 11 is 7.12. The van der Waals surface area contributed by atoms with E-state index in [1.165, 1.54) is 16.9 Å². The number of hydrogen-bond acceptors (Lipinski definition) is 3. The molecule has 0 aliphatic carbocycles. The van der Waals surface area contributed by atoms with E-state index in [0.29, 0.717) is 20.9 Å². The quantitative estimate of drug-likeness (QED) is 0.479. The molecule has 1 atom stereocenters. The molecular weight excluding hydrogens is 226 g/mol. The van der Waals surface area contributed by atoms with Crippen LogP contribution in [0.4, 0.5) is 0 Å². The van der Waals surface area contributed by atoms with Crippen molar-refractivity contribution in [2.75, 3.05) is 0 Å². The van der Waals surface area contributed by atoms with Gasteiger partial charge in [-0.15, -0.1) is 0 Å². The molecule has 0 radical (unpaired) electrons. The number of rotatable bonds is 0. The van der Waals surface area contributed by atoms with E-state index >= 15 is 0 Å². The molecule has 0 fully saturated rings. The van der Waals surface area contributed by atoms with Crippen molar-refractivity contribution >= 4 is 44.2 Å². The molecule has 11 heavy (non-hydrogen) atoms. The predicted octanol–water partition coefficient (Wildman–Crippen LogP) is -0.735. The Labute approximate surface area is 75.9 Å². The molecule has 0 aliphatic rings. The van der Waals surface area contributed by atoms with Gasteiger partial charge >= 0.3 is 75.6 Å². The molecule has 2 heterocycles. The zero-order valence-corrected chi connectivity index (χ0v) is 8.55. The number of halogens is 1. The number of nitrogens with zero attached hydrogens (tertiary/aromatic N) is 3. The van der Waals surface area contributed by atoms with Crippen LogP contribution in [-0.2, 0) is 0 Å². The van der Waals surface area contributed by atoms with Gasteiger partial charge in [0.15, 0.2) is 0 Å². The number of hydrogen-bond donors (Lipinski definition) is 1. The Morgan fingerprint density at radius 3 is 3.09 bits per heavy atom. The number of aromatic nitrogens is 4. The standard InChI is InChI=1S/C5H4AsClN4/c6-5-10-3(7)2-4(11-5)9-1-8-2/h1H,6H2,(H,8,9,10,11). The van der Waals surface area contributed by atoms with Gasteiger partial charge in [-0.3, -0.25) is 0 Å². The van der Waals surface area contributed by atoms with Crippen molar-refractivity contribution in [2.45, 2.75) is 0 Å². The van der Waals surface area contributed by atoms with Gasteiger partial charge in [-0.2, -0.15) is 0 Å². The molecule has 4 nitrogen and oxygen atoms in total. The second-order valence-corrected chi connectivity index (χ2v) is 3.41. The molecule has 1 unspecified atom stereocenters. The van der Waals surface area contributed by atoms with Crippen molar-refractivity contribution < 1.29 is 0 Å². The van der Waals surface area contributed by atoms with Crippen LogP contribution in [-0.4, -0.2) is 36.8 Å². The minimum absolute atomic E-state index is 0.413. The minimum atomic E-state index is 0.413. The summed E-state index contributed by atoms with van der Waals surface area (Å²) in [5.74, 6) is 0. The molecule has 0 aromatic carbocycles. The fraction of sp³-hybridized carbons (Fsp3) is 0. The SMILES string of the molecule is Clc1nc([AsH2])nc2[nH]cnc12. The monoisotopic (exact) mass is 230 g/mol. The summed E-state index contributed by atoms with van der Waals surface area (Å²) in [5, 5.41) is 0.413. The molecule has 6 heteroatoms. The first kappa shape index (κ1) is 7.07. The molecule has 0 aliphatic heterocycles. The van der Waals surface area contributed by atoms with Crippen molar-refractivity contribution in [3.8, 4) is 0 Å². The molecule has 1 N–H and O–H groups in total. The van der Waals surface area contributed by atoms with Crippen LogP contribution in [0.15, 0.2) is 6.33 Å². The summed E-state index contributed by atoms with van der Waals surface area (Å²) in [6, 6.07) is 0. The topological polar surface area (TPSA) is 54.5 Å². The summed E-state index contributed by atoms with van der Waals surface area (Å²) < 4.78 is 0.708. The van der Waals surface area contributed by atoms with Crippen molar-refractivity contribution in [2.24, 2.45) is 0 Å². The second kappa shape index (κ2) is 2.47. The van der Waals surface area contributed by atoms with Gasteiger partial charge in [-0.05, 0) is 0 Å². The molecule has 2 rings (SSSR count). The van der Waals surface area contributed by atoms with Gasteiger partial charge in [0, 0.05) is 0 Å². The number of nitrogens with one attached hydrogen (secondary N) is 1. The summed E-state index contributed by atoms with van der Waals surface area (Å²) in [4.78, 5) is 14.9. The summed E-state index contributed by atoms with van der Waals surface area (Å²) in [7, 11) is 0. The van der Waals surface area contributed by atoms with E-state index in [-0.39, 0.29) is 0 Å². The van der Waals surface area contributed by atoms with E-state index in [4.69, 9.17) is 11.6 Å². The normalized spacial score (nSPS) is 10.7. The van der Waals surface area contributed by atoms with Crippen LogP contribution in [0.1, 0.15) is 0 Å². The summed E-state index contributed by atoms with van der Waals surface area (Å²) in [6.45, 7) is 0.